The first-order valence-corrected chi connectivity index (χ1v) is 5.95. The summed E-state index contributed by atoms with van der Waals surface area (Å²) in [6.07, 6.45) is 2.80. The van der Waals surface area contributed by atoms with Crippen LogP contribution in [0.3, 0.4) is 0 Å². The maximum atomic E-state index is 4.63. The summed E-state index contributed by atoms with van der Waals surface area (Å²) in [7, 11) is 2.09. The molecular formula is C13H17N3. The average molecular weight is 215 g/mol. The zero-order valence-electron chi connectivity index (χ0n) is 9.61. The number of benzene rings is 1. The molecule has 1 aromatic carbocycles. The highest BCUT2D eigenvalue weighted by Crippen LogP contribution is 2.27. The predicted molar refractivity (Wildman–Crippen MR) is 65.1 cm³/mol. The van der Waals surface area contributed by atoms with E-state index in [1.807, 2.05) is 6.07 Å². The summed E-state index contributed by atoms with van der Waals surface area (Å²) >= 11 is 0. The number of hydrogen-bond donors (Lipinski definition) is 1. The lowest BCUT2D eigenvalue weighted by Crippen LogP contribution is -2.18. The Morgan fingerprint density at radius 1 is 1.38 bits per heavy atom. The van der Waals surface area contributed by atoms with Gasteiger partial charge in [-0.2, -0.15) is 0 Å². The van der Waals surface area contributed by atoms with Gasteiger partial charge in [0.1, 0.15) is 5.82 Å². The van der Waals surface area contributed by atoms with Crippen LogP contribution in [0.5, 0.6) is 0 Å². The van der Waals surface area contributed by atoms with Crippen LogP contribution in [0, 0.1) is 5.92 Å². The van der Waals surface area contributed by atoms with E-state index in [9.17, 15) is 0 Å². The van der Waals surface area contributed by atoms with Crippen LogP contribution >= 0.6 is 0 Å². The van der Waals surface area contributed by atoms with Crippen LogP contribution in [0.15, 0.2) is 24.3 Å². The first kappa shape index (κ1) is 9.85. The molecule has 1 saturated carbocycles. The van der Waals surface area contributed by atoms with Crippen molar-refractivity contribution in [1.82, 2.24) is 14.9 Å². The summed E-state index contributed by atoms with van der Waals surface area (Å²) in [6, 6.07) is 8.29. The summed E-state index contributed by atoms with van der Waals surface area (Å²) < 4.78 is 2.18. The molecule has 3 nitrogen and oxygen atoms in total. The van der Waals surface area contributed by atoms with Gasteiger partial charge in [0.15, 0.2) is 0 Å². The Hall–Kier alpha value is -1.35. The second-order valence-electron chi connectivity index (χ2n) is 4.65. The molecule has 0 bridgehead atoms. The Labute approximate surface area is 95.5 Å². The van der Waals surface area contributed by atoms with Gasteiger partial charge in [-0.15, -0.1) is 0 Å². The minimum atomic E-state index is 0.877. The second kappa shape index (κ2) is 3.91. The first-order chi connectivity index (χ1) is 7.84. The molecule has 1 aromatic heterocycles. The van der Waals surface area contributed by atoms with Gasteiger partial charge in [-0.1, -0.05) is 12.1 Å². The Morgan fingerprint density at radius 2 is 2.19 bits per heavy atom. The normalized spacial score (nSPS) is 15.8. The van der Waals surface area contributed by atoms with E-state index in [2.05, 4.69) is 40.1 Å². The molecule has 0 aliphatic heterocycles. The van der Waals surface area contributed by atoms with Crippen LogP contribution < -0.4 is 5.32 Å². The third-order valence-electron chi connectivity index (χ3n) is 3.29. The topological polar surface area (TPSA) is 29.9 Å². The van der Waals surface area contributed by atoms with Gasteiger partial charge in [0, 0.05) is 7.05 Å². The van der Waals surface area contributed by atoms with Gasteiger partial charge in [-0.05, 0) is 37.4 Å². The molecule has 1 N–H and O–H groups in total. The van der Waals surface area contributed by atoms with E-state index in [1.165, 1.54) is 18.4 Å². The monoisotopic (exact) mass is 215 g/mol. The van der Waals surface area contributed by atoms with Gasteiger partial charge >= 0.3 is 0 Å². The highest BCUT2D eigenvalue weighted by Gasteiger charge is 2.20. The molecule has 1 heterocycles. The molecule has 0 atom stereocenters. The molecule has 0 unspecified atom stereocenters. The van der Waals surface area contributed by atoms with Crippen molar-refractivity contribution in [2.75, 3.05) is 6.54 Å². The molecule has 1 aliphatic rings. The number of imidazole rings is 1. The molecule has 1 aliphatic carbocycles. The molecule has 2 aromatic rings. The van der Waals surface area contributed by atoms with Crippen molar-refractivity contribution in [3.05, 3.63) is 30.1 Å². The fraction of sp³-hybridized carbons (Fsp3) is 0.462. The number of fused-ring (bicyclic) bond motifs is 1. The van der Waals surface area contributed by atoms with Gasteiger partial charge < -0.3 is 9.88 Å². The fourth-order valence-corrected chi connectivity index (χ4v) is 2.06. The van der Waals surface area contributed by atoms with E-state index in [4.69, 9.17) is 0 Å². The number of rotatable bonds is 4. The van der Waals surface area contributed by atoms with E-state index in [-0.39, 0.29) is 0 Å². The molecule has 3 rings (SSSR count). The Morgan fingerprint density at radius 3 is 2.94 bits per heavy atom. The molecular weight excluding hydrogens is 198 g/mol. The van der Waals surface area contributed by atoms with E-state index in [0.29, 0.717) is 0 Å². The van der Waals surface area contributed by atoms with E-state index < -0.39 is 0 Å². The molecule has 1 fully saturated rings. The summed E-state index contributed by atoms with van der Waals surface area (Å²) in [6.45, 7) is 2.02. The fourth-order valence-electron chi connectivity index (χ4n) is 2.06. The van der Waals surface area contributed by atoms with Crippen LogP contribution in [0.2, 0.25) is 0 Å². The van der Waals surface area contributed by atoms with Crippen LogP contribution in [0.4, 0.5) is 0 Å². The Balaban J connectivity index is 1.77. The van der Waals surface area contributed by atoms with Crippen LogP contribution in [0.1, 0.15) is 18.7 Å². The zero-order chi connectivity index (χ0) is 11.0. The third-order valence-corrected chi connectivity index (χ3v) is 3.29. The Kier molecular flexibility index (Phi) is 2.40. The van der Waals surface area contributed by atoms with Crippen LogP contribution in [-0.2, 0) is 13.6 Å². The summed E-state index contributed by atoms with van der Waals surface area (Å²) in [4.78, 5) is 4.63. The van der Waals surface area contributed by atoms with Gasteiger partial charge in [-0.25, -0.2) is 4.98 Å². The second-order valence-corrected chi connectivity index (χ2v) is 4.65. The van der Waals surface area contributed by atoms with Crippen molar-refractivity contribution in [1.29, 1.82) is 0 Å². The number of aromatic nitrogens is 2. The quantitative estimate of drug-likeness (QED) is 0.846. The van der Waals surface area contributed by atoms with E-state index >= 15 is 0 Å². The van der Waals surface area contributed by atoms with Crippen molar-refractivity contribution < 1.29 is 0 Å². The third kappa shape index (κ3) is 1.83. The van der Waals surface area contributed by atoms with E-state index in [1.54, 1.807) is 0 Å². The lowest BCUT2D eigenvalue weighted by atomic mass is 10.3. The van der Waals surface area contributed by atoms with Gasteiger partial charge in [-0.3, -0.25) is 0 Å². The highest BCUT2D eigenvalue weighted by molar-refractivity contribution is 5.75. The lowest BCUT2D eigenvalue weighted by molar-refractivity contribution is 0.607. The van der Waals surface area contributed by atoms with Crippen molar-refractivity contribution in [2.45, 2.75) is 19.4 Å². The first-order valence-electron chi connectivity index (χ1n) is 5.95. The van der Waals surface area contributed by atoms with Crippen molar-refractivity contribution in [2.24, 2.45) is 13.0 Å². The molecule has 0 amide bonds. The number of nitrogens with zero attached hydrogens (tertiary/aromatic N) is 2. The van der Waals surface area contributed by atoms with Crippen molar-refractivity contribution in [3.8, 4) is 0 Å². The van der Waals surface area contributed by atoms with Crippen molar-refractivity contribution >= 4 is 11.0 Å². The van der Waals surface area contributed by atoms with Crippen LogP contribution in [-0.4, -0.2) is 16.1 Å². The summed E-state index contributed by atoms with van der Waals surface area (Å²) in [5, 5.41) is 3.48. The van der Waals surface area contributed by atoms with Crippen molar-refractivity contribution in [3.63, 3.8) is 0 Å². The molecule has 3 heteroatoms. The van der Waals surface area contributed by atoms with Crippen LogP contribution in [0.25, 0.3) is 11.0 Å². The highest BCUT2D eigenvalue weighted by atomic mass is 15.1. The maximum absolute atomic E-state index is 4.63. The largest absolute Gasteiger partial charge is 0.330 e. The minimum Gasteiger partial charge on any atom is -0.330 e. The average Bonchev–Trinajstić information content (AvgIpc) is 3.06. The Bertz CT molecular complexity index is 497. The molecule has 0 saturated heterocycles. The molecule has 0 spiro atoms. The number of nitrogens with one attached hydrogen (secondary N) is 1. The molecule has 84 valence electrons. The number of para-hydroxylation sites is 2. The van der Waals surface area contributed by atoms with Gasteiger partial charge in [0.05, 0.1) is 17.6 Å². The van der Waals surface area contributed by atoms with E-state index in [0.717, 1.165) is 30.3 Å². The number of aryl methyl sites for hydroxylation is 1. The summed E-state index contributed by atoms with van der Waals surface area (Å²) in [5.41, 5.74) is 2.30. The summed E-state index contributed by atoms with van der Waals surface area (Å²) in [5.74, 6) is 2.05. The minimum absolute atomic E-state index is 0.877. The SMILES string of the molecule is Cn1c(CNCC2CC2)nc2ccccc21. The molecule has 0 radical (unpaired) electrons. The number of hydrogen-bond acceptors (Lipinski definition) is 2. The lowest BCUT2D eigenvalue weighted by Gasteiger charge is -2.03. The molecule has 16 heavy (non-hydrogen) atoms. The smallest absolute Gasteiger partial charge is 0.123 e. The zero-order valence-corrected chi connectivity index (χ0v) is 9.61. The van der Waals surface area contributed by atoms with Gasteiger partial charge in [0.25, 0.3) is 0 Å². The predicted octanol–water partition coefficient (Wildman–Crippen LogP) is 2.07. The standard InChI is InChI=1S/C13H17N3/c1-16-12-5-3-2-4-11(12)15-13(16)9-14-8-10-6-7-10/h2-5,10,14H,6-9H2,1H3. The maximum Gasteiger partial charge on any atom is 0.123 e. The van der Waals surface area contributed by atoms with Gasteiger partial charge in [0.2, 0.25) is 0 Å².